The van der Waals surface area contributed by atoms with Gasteiger partial charge in [0, 0.05) is 16.6 Å². The molecule has 1 heterocycles. The fourth-order valence-electron chi connectivity index (χ4n) is 2.45. The van der Waals surface area contributed by atoms with Crippen molar-refractivity contribution in [2.24, 2.45) is 0 Å². The van der Waals surface area contributed by atoms with Crippen LogP contribution in [-0.4, -0.2) is 23.4 Å². The van der Waals surface area contributed by atoms with Gasteiger partial charge < -0.3 is 10.1 Å². The van der Waals surface area contributed by atoms with Crippen molar-refractivity contribution in [3.8, 4) is 5.75 Å². The number of hydrogen-bond donors (Lipinski definition) is 2. The molecular formula is C19H15Cl2N3O3S. The van der Waals surface area contributed by atoms with Gasteiger partial charge in [-0.05, 0) is 31.2 Å². The highest BCUT2D eigenvalue weighted by molar-refractivity contribution is 7.13. The Labute approximate surface area is 175 Å². The number of carbonyl (C=O) groups is 2. The van der Waals surface area contributed by atoms with Crippen LogP contribution in [-0.2, 0) is 0 Å². The highest BCUT2D eigenvalue weighted by Crippen LogP contribution is 2.33. The maximum atomic E-state index is 12.9. The lowest BCUT2D eigenvalue weighted by molar-refractivity contribution is 0.102. The van der Waals surface area contributed by atoms with Crippen LogP contribution in [0.15, 0.2) is 48.0 Å². The second-order valence-corrected chi connectivity index (χ2v) is 7.23. The number of amides is 2. The number of thiazole rings is 1. The smallest absolute Gasteiger partial charge is 0.259 e. The Bertz CT molecular complexity index is 1010. The third-order valence-corrected chi connectivity index (χ3v) is 4.80. The maximum Gasteiger partial charge on any atom is 0.259 e. The number of ether oxygens (including phenoxy) is 1. The van der Waals surface area contributed by atoms with Crippen molar-refractivity contribution >= 4 is 57.2 Å². The van der Waals surface area contributed by atoms with Gasteiger partial charge in [0.25, 0.3) is 11.8 Å². The first kappa shape index (κ1) is 20.1. The first-order valence-corrected chi connectivity index (χ1v) is 9.86. The number of benzene rings is 2. The third-order valence-electron chi connectivity index (χ3n) is 3.61. The van der Waals surface area contributed by atoms with Gasteiger partial charge >= 0.3 is 0 Å². The predicted molar refractivity (Wildman–Crippen MR) is 112 cm³/mol. The first-order chi connectivity index (χ1) is 13.5. The summed E-state index contributed by atoms with van der Waals surface area (Å²) in [7, 11) is 0. The van der Waals surface area contributed by atoms with E-state index in [0.717, 1.165) is 0 Å². The molecule has 2 amide bonds. The third kappa shape index (κ3) is 4.62. The lowest BCUT2D eigenvalue weighted by Gasteiger charge is -2.14. The molecule has 1 aromatic heterocycles. The molecule has 6 nitrogen and oxygen atoms in total. The number of nitrogens with one attached hydrogen (secondary N) is 2. The Balaban J connectivity index is 1.89. The van der Waals surface area contributed by atoms with E-state index in [1.54, 1.807) is 42.8 Å². The fraction of sp³-hybridized carbons (Fsp3) is 0.105. The minimum Gasteiger partial charge on any atom is -0.491 e. The molecule has 9 heteroatoms. The van der Waals surface area contributed by atoms with Crippen molar-refractivity contribution < 1.29 is 14.3 Å². The molecule has 0 radical (unpaired) electrons. The van der Waals surface area contributed by atoms with E-state index < -0.39 is 5.91 Å². The lowest BCUT2D eigenvalue weighted by atomic mass is 10.1. The van der Waals surface area contributed by atoms with Crippen molar-refractivity contribution in [1.29, 1.82) is 0 Å². The number of carbonyl (C=O) groups excluding carboxylic acids is 2. The van der Waals surface area contributed by atoms with Gasteiger partial charge in [-0.1, -0.05) is 35.3 Å². The zero-order chi connectivity index (χ0) is 20.1. The van der Waals surface area contributed by atoms with Gasteiger partial charge in [-0.15, -0.1) is 11.3 Å². The van der Waals surface area contributed by atoms with Crippen molar-refractivity contribution in [3.63, 3.8) is 0 Å². The quantitative estimate of drug-likeness (QED) is 0.546. The highest BCUT2D eigenvalue weighted by Gasteiger charge is 2.20. The van der Waals surface area contributed by atoms with Crippen molar-refractivity contribution in [2.45, 2.75) is 6.92 Å². The average Bonchev–Trinajstić information content (AvgIpc) is 3.17. The summed E-state index contributed by atoms with van der Waals surface area (Å²) in [5, 5.41) is 8.16. The van der Waals surface area contributed by atoms with E-state index in [1.807, 2.05) is 0 Å². The SMILES string of the molecule is CCOc1c(Cl)cc(Cl)cc1C(=O)Nc1ccccc1C(=O)Nc1nccs1. The standard InChI is InChI=1S/C19H15Cl2N3O3S/c1-2-27-16-13(9-11(20)10-14(16)21)18(26)23-15-6-4-3-5-12(15)17(25)24-19-22-7-8-28-19/h3-10H,2H2,1H3,(H,23,26)(H,22,24,25). The zero-order valence-electron chi connectivity index (χ0n) is 14.7. The summed E-state index contributed by atoms with van der Waals surface area (Å²) in [5.74, 6) is -0.654. The van der Waals surface area contributed by atoms with Crippen molar-refractivity contribution in [2.75, 3.05) is 17.2 Å². The lowest BCUT2D eigenvalue weighted by Crippen LogP contribution is -2.19. The fourth-order valence-corrected chi connectivity index (χ4v) is 3.52. The molecule has 0 spiro atoms. The summed E-state index contributed by atoms with van der Waals surface area (Å²) < 4.78 is 5.49. The van der Waals surface area contributed by atoms with Gasteiger partial charge in [0.1, 0.15) is 0 Å². The van der Waals surface area contributed by atoms with E-state index in [1.165, 1.54) is 23.5 Å². The molecule has 0 saturated carbocycles. The van der Waals surface area contributed by atoms with Gasteiger partial charge in [0.15, 0.2) is 10.9 Å². The van der Waals surface area contributed by atoms with Crippen LogP contribution < -0.4 is 15.4 Å². The van der Waals surface area contributed by atoms with Crippen LogP contribution in [0.1, 0.15) is 27.6 Å². The highest BCUT2D eigenvalue weighted by atomic mass is 35.5. The molecule has 28 heavy (non-hydrogen) atoms. The number of aromatic nitrogens is 1. The predicted octanol–water partition coefficient (Wildman–Crippen LogP) is 5.35. The molecule has 0 unspecified atom stereocenters. The molecule has 0 aliphatic heterocycles. The second kappa shape index (κ2) is 9.05. The van der Waals surface area contributed by atoms with Crippen LogP contribution >= 0.6 is 34.5 Å². The second-order valence-electron chi connectivity index (χ2n) is 5.49. The van der Waals surface area contributed by atoms with E-state index >= 15 is 0 Å². The Morgan fingerprint density at radius 2 is 1.86 bits per heavy atom. The van der Waals surface area contributed by atoms with Crippen molar-refractivity contribution in [1.82, 2.24) is 4.98 Å². The van der Waals surface area contributed by atoms with Crippen molar-refractivity contribution in [3.05, 3.63) is 69.1 Å². The summed E-state index contributed by atoms with van der Waals surface area (Å²) >= 11 is 13.5. The monoisotopic (exact) mass is 435 g/mol. The molecule has 3 rings (SSSR count). The molecule has 0 fully saturated rings. The number of hydrogen-bond acceptors (Lipinski definition) is 5. The minimum absolute atomic E-state index is 0.175. The Hall–Kier alpha value is -2.61. The molecular weight excluding hydrogens is 421 g/mol. The van der Waals surface area contributed by atoms with Crippen LogP contribution in [0, 0.1) is 0 Å². The van der Waals surface area contributed by atoms with E-state index in [-0.39, 0.29) is 27.8 Å². The van der Waals surface area contributed by atoms with Crippen LogP contribution in [0.5, 0.6) is 5.75 Å². The Kier molecular flexibility index (Phi) is 6.51. The van der Waals surface area contributed by atoms with Gasteiger partial charge in [-0.3, -0.25) is 14.9 Å². The van der Waals surface area contributed by atoms with Gasteiger partial charge in [0.2, 0.25) is 0 Å². The number of anilines is 2. The molecule has 0 aliphatic carbocycles. The molecule has 0 bridgehead atoms. The Morgan fingerprint density at radius 1 is 1.11 bits per heavy atom. The van der Waals surface area contributed by atoms with E-state index in [2.05, 4.69) is 15.6 Å². The number of rotatable bonds is 6. The molecule has 0 aliphatic rings. The zero-order valence-corrected chi connectivity index (χ0v) is 17.0. The molecule has 2 N–H and O–H groups in total. The topological polar surface area (TPSA) is 80.3 Å². The van der Waals surface area contributed by atoms with Gasteiger partial charge in [0.05, 0.1) is 28.4 Å². The van der Waals surface area contributed by atoms with Gasteiger partial charge in [-0.2, -0.15) is 0 Å². The summed E-state index contributed by atoms with van der Waals surface area (Å²) in [5.41, 5.74) is 0.798. The number of para-hydroxylation sites is 1. The summed E-state index contributed by atoms with van der Waals surface area (Å²) in [6, 6.07) is 9.61. The summed E-state index contributed by atoms with van der Waals surface area (Å²) in [6.45, 7) is 2.11. The van der Waals surface area contributed by atoms with Crippen LogP contribution in [0.2, 0.25) is 10.0 Å². The first-order valence-electron chi connectivity index (χ1n) is 8.22. The van der Waals surface area contributed by atoms with E-state index in [9.17, 15) is 9.59 Å². The average molecular weight is 436 g/mol. The molecule has 144 valence electrons. The summed E-state index contributed by atoms with van der Waals surface area (Å²) in [6.07, 6.45) is 1.59. The van der Waals surface area contributed by atoms with Crippen LogP contribution in [0.3, 0.4) is 0 Å². The number of nitrogens with zero attached hydrogens (tertiary/aromatic N) is 1. The van der Waals surface area contributed by atoms with E-state index in [4.69, 9.17) is 27.9 Å². The molecule has 0 saturated heterocycles. The minimum atomic E-state index is -0.498. The maximum absolute atomic E-state index is 12.9. The Morgan fingerprint density at radius 3 is 2.57 bits per heavy atom. The number of halogens is 2. The van der Waals surface area contributed by atoms with E-state index in [0.29, 0.717) is 22.4 Å². The van der Waals surface area contributed by atoms with Crippen LogP contribution in [0.25, 0.3) is 0 Å². The summed E-state index contributed by atoms with van der Waals surface area (Å²) in [4.78, 5) is 29.4. The van der Waals surface area contributed by atoms with Crippen LogP contribution in [0.4, 0.5) is 10.8 Å². The molecule has 2 aromatic carbocycles. The molecule has 0 atom stereocenters. The normalized spacial score (nSPS) is 10.4. The van der Waals surface area contributed by atoms with Gasteiger partial charge in [-0.25, -0.2) is 4.98 Å². The largest absolute Gasteiger partial charge is 0.491 e. The molecule has 3 aromatic rings.